The van der Waals surface area contributed by atoms with Gasteiger partial charge in [0.05, 0.1) is 17.2 Å². The molecule has 2 rings (SSSR count). The molecule has 126 valence electrons. The van der Waals surface area contributed by atoms with Crippen molar-refractivity contribution in [2.45, 2.75) is 32.6 Å². The average molecular weight is 326 g/mol. The van der Waals surface area contributed by atoms with Gasteiger partial charge in [0.2, 0.25) is 0 Å². The van der Waals surface area contributed by atoms with Crippen LogP contribution in [0, 0.1) is 10.1 Å². The standard InChI is InChI=1S/C19H22N2O3/c1-2-3-4-5-13-24-19-11-9-17(10-12-19)20-15-16-7-6-8-18(14-16)21(22)23/h6-12,14-15H,2-5,13H2,1H3. The zero-order valence-corrected chi connectivity index (χ0v) is 13.9. The molecule has 0 atom stereocenters. The number of unbranched alkanes of at least 4 members (excludes halogenated alkanes) is 3. The van der Waals surface area contributed by atoms with Crippen LogP contribution < -0.4 is 4.74 Å². The van der Waals surface area contributed by atoms with Crippen molar-refractivity contribution in [1.82, 2.24) is 0 Å². The van der Waals surface area contributed by atoms with Gasteiger partial charge >= 0.3 is 0 Å². The van der Waals surface area contributed by atoms with Crippen LogP contribution in [0.25, 0.3) is 0 Å². The lowest BCUT2D eigenvalue weighted by molar-refractivity contribution is -0.384. The molecule has 0 aliphatic rings. The van der Waals surface area contributed by atoms with Crippen molar-refractivity contribution >= 4 is 17.6 Å². The zero-order valence-electron chi connectivity index (χ0n) is 13.9. The Morgan fingerprint density at radius 1 is 1.12 bits per heavy atom. The summed E-state index contributed by atoms with van der Waals surface area (Å²) in [6.07, 6.45) is 6.35. The molecule has 0 saturated heterocycles. The molecule has 2 aromatic carbocycles. The van der Waals surface area contributed by atoms with Crippen LogP contribution in [0.1, 0.15) is 38.2 Å². The van der Waals surface area contributed by atoms with Crippen LogP contribution in [0.4, 0.5) is 11.4 Å². The number of benzene rings is 2. The van der Waals surface area contributed by atoms with Gasteiger partial charge in [-0.15, -0.1) is 0 Å². The second-order valence-electron chi connectivity index (χ2n) is 5.51. The lowest BCUT2D eigenvalue weighted by atomic mass is 10.2. The third kappa shape index (κ3) is 5.83. The SMILES string of the molecule is CCCCCCOc1ccc(N=Cc2cccc([N+](=O)[O-])c2)cc1. The van der Waals surface area contributed by atoms with Crippen LogP contribution >= 0.6 is 0 Å². The van der Waals surface area contributed by atoms with Gasteiger partial charge in [0.25, 0.3) is 5.69 Å². The molecule has 0 saturated carbocycles. The minimum Gasteiger partial charge on any atom is -0.494 e. The maximum absolute atomic E-state index is 10.8. The highest BCUT2D eigenvalue weighted by atomic mass is 16.6. The van der Waals surface area contributed by atoms with Crippen molar-refractivity contribution in [3.63, 3.8) is 0 Å². The Morgan fingerprint density at radius 3 is 2.62 bits per heavy atom. The number of nitrogens with zero attached hydrogens (tertiary/aromatic N) is 2. The number of nitro groups is 1. The largest absolute Gasteiger partial charge is 0.494 e. The Morgan fingerprint density at radius 2 is 1.92 bits per heavy atom. The van der Waals surface area contributed by atoms with E-state index in [0.717, 1.165) is 24.5 Å². The molecular weight excluding hydrogens is 304 g/mol. The average Bonchev–Trinajstić information content (AvgIpc) is 2.61. The van der Waals surface area contributed by atoms with Crippen LogP contribution in [0.15, 0.2) is 53.5 Å². The third-order valence-electron chi connectivity index (χ3n) is 3.55. The van der Waals surface area contributed by atoms with Gasteiger partial charge in [-0.3, -0.25) is 15.1 Å². The first kappa shape index (κ1) is 17.7. The van der Waals surface area contributed by atoms with Crippen molar-refractivity contribution in [2.75, 3.05) is 6.61 Å². The number of aliphatic imine (C=N–C) groups is 1. The number of non-ortho nitro benzene ring substituents is 1. The molecular formula is C19H22N2O3. The van der Waals surface area contributed by atoms with Crippen LogP contribution in [-0.4, -0.2) is 17.7 Å². The molecule has 5 nitrogen and oxygen atoms in total. The lowest BCUT2D eigenvalue weighted by Crippen LogP contribution is -1.96. The van der Waals surface area contributed by atoms with Gasteiger partial charge in [-0.25, -0.2) is 0 Å². The zero-order chi connectivity index (χ0) is 17.2. The Bertz CT molecular complexity index is 681. The summed E-state index contributed by atoms with van der Waals surface area (Å²) in [5.74, 6) is 0.834. The topological polar surface area (TPSA) is 64.7 Å². The Kier molecular flexibility index (Phi) is 6.95. The fraction of sp³-hybridized carbons (Fsp3) is 0.316. The molecule has 24 heavy (non-hydrogen) atoms. The van der Waals surface area contributed by atoms with E-state index in [1.165, 1.54) is 31.4 Å². The molecule has 0 aromatic heterocycles. The number of ether oxygens (including phenoxy) is 1. The van der Waals surface area contributed by atoms with E-state index in [-0.39, 0.29) is 5.69 Å². The van der Waals surface area contributed by atoms with E-state index in [9.17, 15) is 10.1 Å². The van der Waals surface area contributed by atoms with E-state index in [1.807, 2.05) is 24.3 Å². The van der Waals surface area contributed by atoms with Crippen molar-refractivity contribution in [1.29, 1.82) is 0 Å². The van der Waals surface area contributed by atoms with Crippen molar-refractivity contribution < 1.29 is 9.66 Å². The van der Waals surface area contributed by atoms with Gasteiger partial charge in [-0.05, 0) is 36.2 Å². The van der Waals surface area contributed by atoms with Crippen LogP contribution in [0.5, 0.6) is 5.75 Å². The van der Waals surface area contributed by atoms with E-state index in [4.69, 9.17) is 4.74 Å². The van der Waals surface area contributed by atoms with Crippen LogP contribution in [-0.2, 0) is 0 Å². The highest BCUT2D eigenvalue weighted by Crippen LogP contribution is 2.19. The summed E-state index contributed by atoms with van der Waals surface area (Å²) in [5, 5.41) is 10.8. The molecule has 0 N–H and O–H groups in total. The Balaban J connectivity index is 1.89. The van der Waals surface area contributed by atoms with Crippen molar-refractivity contribution in [2.24, 2.45) is 4.99 Å². The Labute approximate surface area is 142 Å². The molecule has 0 aliphatic heterocycles. The minimum absolute atomic E-state index is 0.0609. The van der Waals surface area contributed by atoms with Gasteiger partial charge in [-0.2, -0.15) is 0 Å². The number of hydrogen-bond donors (Lipinski definition) is 0. The Hall–Kier alpha value is -2.69. The normalized spacial score (nSPS) is 10.9. The quantitative estimate of drug-likeness (QED) is 0.272. The van der Waals surface area contributed by atoms with Crippen LogP contribution in [0.3, 0.4) is 0 Å². The van der Waals surface area contributed by atoms with E-state index in [2.05, 4.69) is 11.9 Å². The number of nitro benzene ring substituents is 1. The van der Waals surface area contributed by atoms with E-state index >= 15 is 0 Å². The molecule has 0 heterocycles. The summed E-state index contributed by atoms with van der Waals surface area (Å²) in [7, 11) is 0. The van der Waals surface area contributed by atoms with Gasteiger partial charge in [0.15, 0.2) is 0 Å². The van der Waals surface area contributed by atoms with Gasteiger partial charge in [-0.1, -0.05) is 38.3 Å². The summed E-state index contributed by atoms with van der Waals surface area (Å²) in [5.41, 5.74) is 1.53. The number of rotatable bonds is 9. The predicted octanol–water partition coefficient (Wildman–Crippen LogP) is 5.30. The van der Waals surface area contributed by atoms with Gasteiger partial charge in [0, 0.05) is 18.3 Å². The van der Waals surface area contributed by atoms with Crippen LogP contribution in [0.2, 0.25) is 0 Å². The van der Waals surface area contributed by atoms with E-state index in [1.54, 1.807) is 18.3 Å². The third-order valence-corrected chi connectivity index (χ3v) is 3.55. The molecule has 0 fully saturated rings. The minimum atomic E-state index is -0.413. The molecule has 0 radical (unpaired) electrons. The smallest absolute Gasteiger partial charge is 0.270 e. The molecule has 2 aromatic rings. The summed E-state index contributed by atoms with van der Waals surface area (Å²) in [6, 6.07) is 13.9. The monoisotopic (exact) mass is 326 g/mol. The molecule has 0 bridgehead atoms. The lowest BCUT2D eigenvalue weighted by Gasteiger charge is -2.05. The molecule has 0 amide bonds. The van der Waals surface area contributed by atoms with E-state index in [0.29, 0.717) is 5.56 Å². The summed E-state index contributed by atoms with van der Waals surface area (Å²) in [4.78, 5) is 14.7. The molecule has 0 aliphatic carbocycles. The molecule has 5 heteroatoms. The highest BCUT2D eigenvalue weighted by Gasteiger charge is 2.03. The number of hydrogen-bond acceptors (Lipinski definition) is 4. The van der Waals surface area contributed by atoms with Gasteiger partial charge in [0.1, 0.15) is 5.75 Å². The predicted molar refractivity (Wildman–Crippen MR) is 96.4 cm³/mol. The summed E-state index contributed by atoms with van der Waals surface area (Å²) >= 11 is 0. The van der Waals surface area contributed by atoms with Crippen molar-refractivity contribution in [3.8, 4) is 5.75 Å². The summed E-state index contributed by atoms with van der Waals surface area (Å²) in [6.45, 7) is 2.92. The molecule has 0 unspecified atom stereocenters. The fourth-order valence-electron chi connectivity index (χ4n) is 2.22. The maximum atomic E-state index is 10.8. The first-order chi connectivity index (χ1) is 11.7. The fourth-order valence-corrected chi connectivity index (χ4v) is 2.22. The van der Waals surface area contributed by atoms with Crippen molar-refractivity contribution in [3.05, 3.63) is 64.2 Å². The summed E-state index contributed by atoms with van der Waals surface area (Å²) < 4.78 is 5.69. The second-order valence-corrected chi connectivity index (χ2v) is 5.51. The van der Waals surface area contributed by atoms with E-state index < -0.39 is 4.92 Å². The molecule has 0 spiro atoms. The first-order valence-electron chi connectivity index (χ1n) is 8.20. The highest BCUT2D eigenvalue weighted by molar-refractivity contribution is 5.82. The first-order valence-corrected chi connectivity index (χ1v) is 8.20. The maximum Gasteiger partial charge on any atom is 0.270 e. The van der Waals surface area contributed by atoms with Gasteiger partial charge < -0.3 is 4.74 Å². The second kappa shape index (κ2) is 9.45.